The van der Waals surface area contributed by atoms with Gasteiger partial charge in [-0.15, -0.1) is 0 Å². The third kappa shape index (κ3) is 2.71. The van der Waals surface area contributed by atoms with Crippen LogP contribution in [0, 0.1) is 0 Å². The van der Waals surface area contributed by atoms with Crippen molar-refractivity contribution >= 4 is 17.0 Å². The maximum Gasteiger partial charge on any atom is 0.345 e. The number of aromatic hydroxyl groups is 1. The van der Waals surface area contributed by atoms with Gasteiger partial charge in [0.15, 0.2) is 17.0 Å². The Hall–Kier alpha value is -4.00. The zero-order valence-electron chi connectivity index (χ0n) is 13.9. The lowest BCUT2D eigenvalue weighted by molar-refractivity contribution is 0.0691. The van der Waals surface area contributed by atoms with Gasteiger partial charge in [-0.2, -0.15) is 0 Å². The minimum Gasteiger partial charge on any atom is -0.506 e. The Kier molecular flexibility index (Phi) is 3.89. The molecule has 0 spiro atoms. The van der Waals surface area contributed by atoms with E-state index in [0.29, 0.717) is 11.5 Å². The minimum absolute atomic E-state index is 0.0792. The molecule has 2 heterocycles. The highest BCUT2D eigenvalue weighted by Gasteiger charge is 2.24. The van der Waals surface area contributed by atoms with E-state index in [1.54, 1.807) is 30.3 Å². The summed E-state index contributed by atoms with van der Waals surface area (Å²) in [6.45, 7) is 0. The molecule has 0 atom stereocenters. The quantitative estimate of drug-likeness (QED) is 0.583. The average Bonchev–Trinajstić information content (AvgIpc) is 2.69. The monoisotopic (exact) mass is 359 g/mol. The second-order valence-electron chi connectivity index (χ2n) is 5.80. The molecule has 7 heteroatoms. The first-order valence-corrected chi connectivity index (χ1v) is 8.07. The van der Waals surface area contributed by atoms with E-state index in [0.717, 1.165) is 5.56 Å². The molecular formula is C20H13N3O4. The van der Waals surface area contributed by atoms with Crippen molar-refractivity contribution in [3.05, 3.63) is 82.8 Å². The van der Waals surface area contributed by atoms with Crippen LogP contribution in [0.4, 0.5) is 0 Å². The van der Waals surface area contributed by atoms with E-state index in [2.05, 4.69) is 9.97 Å². The van der Waals surface area contributed by atoms with Crippen LogP contribution in [0.15, 0.2) is 71.7 Å². The summed E-state index contributed by atoms with van der Waals surface area (Å²) in [5, 5.41) is 19.8. The van der Waals surface area contributed by atoms with Gasteiger partial charge < -0.3 is 10.2 Å². The van der Waals surface area contributed by atoms with Gasteiger partial charge in [0.2, 0.25) is 0 Å². The van der Waals surface area contributed by atoms with Gasteiger partial charge in [-0.3, -0.25) is 9.36 Å². The maximum absolute atomic E-state index is 12.9. The highest BCUT2D eigenvalue weighted by molar-refractivity contribution is 5.98. The molecule has 27 heavy (non-hydrogen) atoms. The van der Waals surface area contributed by atoms with Crippen molar-refractivity contribution in [3.63, 3.8) is 0 Å². The molecule has 0 aliphatic rings. The first-order chi connectivity index (χ1) is 13.1. The Morgan fingerprint density at radius 2 is 1.59 bits per heavy atom. The number of carboxylic acid groups (broad SMARTS) is 1. The number of fused-ring (bicyclic) bond motifs is 1. The second-order valence-corrected chi connectivity index (χ2v) is 5.80. The lowest BCUT2D eigenvalue weighted by Crippen LogP contribution is -2.26. The smallest absolute Gasteiger partial charge is 0.345 e. The first-order valence-electron chi connectivity index (χ1n) is 8.07. The SMILES string of the molecule is O=C(O)c1c(O)c2cnc(-c3ccccc3)nc2n(-c2ccccc2)c1=O. The highest BCUT2D eigenvalue weighted by atomic mass is 16.4. The van der Waals surface area contributed by atoms with Gasteiger partial charge in [-0.25, -0.2) is 14.8 Å². The van der Waals surface area contributed by atoms with Crippen molar-refractivity contribution in [1.82, 2.24) is 14.5 Å². The van der Waals surface area contributed by atoms with Gasteiger partial charge in [0.25, 0.3) is 5.56 Å². The van der Waals surface area contributed by atoms with Crippen LogP contribution in [0.2, 0.25) is 0 Å². The standard InChI is InChI=1S/C20H13N3O4/c24-16-14-11-21-17(12-7-3-1-4-8-12)22-18(14)23(13-9-5-2-6-10-13)19(25)15(16)20(26)27/h1-11,24H,(H,26,27). The molecule has 0 radical (unpaired) electrons. The van der Waals surface area contributed by atoms with Crippen molar-refractivity contribution in [3.8, 4) is 22.8 Å². The molecule has 132 valence electrons. The second kappa shape index (κ2) is 6.38. The first kappa shape index (κ1) is 16.5. The van der Waals surface area contributed by atoms with E-state index in [4.69, 9.17) is 0 Å². The Balaban J connectivity index is 2.14. The van der Waals surface area contributed by atoms with Crippen LogP contribution in [-0.2, 0) is 0 Å². The number of hydrogen-bond donors (Lipinski definition) is 2. The molecule has 0 bridgehead atoms. The van der Waals surface area contributed by atoms with Crippen LogP contribution in [-0.4, -0.2) is 30.7 Å². The number of hydrogen-bond acceptors (Lipinski definition) is 5. The van der Waals surface area contributed by atoms with Crippen LogP contribution < -0.4 is 5.56 Å². The van der Waals surface area contributed by atoms with Gasteiger partial charge in [0.05, 0.1) is 11.1 Å². The van der Waals surface area contributed by atoms with E-state index >= 15 is 0 Å². The summed E-state index contributed by atoms with van der Waals surface area (Å²) in [5.74, 6) is -1.81. The number of carbonyl (C=O) groups is 1. The number of para-hydroxylation sites is 1. The fourth-order valence-corrected chi connectivity index (χ4v) is 2.89. The number of nitrogens with zero attached hydrogens (tertiary/aromatic N) is 3. The Bertz CT molecular complexity index is 1220. The molecule has 4 rings (SSSR count). The Labute approximate surface area is 152 Å². The minimum atomic E-state index is -1.52. The molecule has 2 aromatic carbocycles. The van der Waals surface area contributed by atoms with Gasteiger partial charge in [0.1, 0.15) is 5.75 Å². The average molecular weight is 359 g/mol. The molecule has 4 aromatic rings. The lowest BCUT2D eigenvalue weighted by atomic mass is 10.1. The fraction of sp³-hybridized carbons (Fsp3) is 0. The summed E-state index contributed by atoms with van der Waals surface area (Å²) in [6, 6.07) is 17.7. The van der Waals surface area contributed by atoms with Crippen molar-refractivity contribution in [2.75, 3.05) is 0 Å². The fourth-order valence-electron chi connectivity index (χ4n) is 2.89. The van der Waals surface area contributed by atoms with Crippen LogP contribution in [0.5, 0.6) is 5.75 Å². The molecule has 2 N–H and O–H groups in total. The predicted molar refractivity (Wildman–Crippen MR) is 99.2 cm³/mol. The number of benzene rings is 2. The summed E-state index contributed by atoms with van der Waals surface area (Å²) < 4.78 is 1.17. The van der Waals surface area contributed by atoms with E-state index in [9.17, 15) is 19.8 Å². The summed E-state index contributed by atoms with van der Waals surface area (Å²) in [5.41, 5.74) is -0.289. The third-order valence-electron chi connectivity index (χ3n) is 4.15. The van der Waals surface area contributed by atoms with Crippen LogP contribution >= 0.6 is 0 Å². The topological polar surface area (TPSA) is 105 Å². The normalized spacial score (nSPS) is 10.8. The molecule has 0 unspecified atom stereocenters. The van der Waals surface area contributed by atoms with E-state index < -0.39 is 22.8 Å². The number of pyridine rings is 1. The molecule has 0 saturated heterocycles. The molecule has 7 nitrogen and oxygen atoms in total. The molecule has 0 amide bonds. The molecule has 0 fully saturated rings. The van der Waals surface area contributed by atoms with E-state index in [-0.39, 0.29) is 11.0 Å². The van der Waals surface area contributed by atoms with Crippen molar-refractivity contribution in [2.24, 2.45) is 0 Å². The zero-order valence-corrected chi connectivity index (χ0v) is 13.9. The summed E-state index contributed by atoms with van der Waals surface area (Å²) in [4.78, 5) is 33.1. The molecule has 2 aromatic heterocycles. The number of carboxylic acids is 1. The van der Waals surface area contributed by atoms with Gasteiger partial charge in [-0.1, -0.05) is 48.5 Å². The molecule has 0 saturated carbocycles. The van der Waals surface area contributed by atoms with Gasteiger partial charge >= 0.3 is 5.97 Å². The molecule has 0 aliphatic heterocycles. The lowest BCUT2D eigenvalue weighted by Gasteiger charge is -2.13. The molecule has 0 aliphatic carbocycles. The zero-order chi connectivity index (χ0) is 19.0. The third-order valence-corrected chi connectivity index (χ3v) is 4.15. The van der Waals surface area contributed by atoms with Crippen molar-refractivity contribution in [2.45, 2.75) is 0 Å². The number of rotatable bonds is 3. The largest absolute Gasteiger partial charge is 0.506 e. The number of aromatic nitrogens is 3. The van der Waals surface area contributed by atoms with Crippen molar-refractivity contribution in [1.29, 1.82) is 0 Å². The van der Waals surface area contributed by atoms with Crippen molar-refractivity contribution < 1.29 is 15.0 Å². The Morgan fingerprint density at radius 3 is 2.22 bits per heavy atom. The summed E-state index contributed by atoms with van der Waals surface area (Å²) >= 11 is 0. The number of aromatic carboxylic acids is 1. The van der Waals surface area contributed by atoms with E-state index in [1.807, 2.05) is 30.3 Å². The molecular weight excluding hydrogens is 346 g/mol. The maximum atomic E-state index is 12.9. The van der Waals surface area contributed by atoms with E-state index in [1.165, 1.54) is 10.8 Å². The van der Waals surface area contributed by atoms with Gasteiger partial charge in [-0.05, 0) is 12.1 Å². The van der Waals surface area contributed by atoms with Crippen LogP contribution in [0.3, 0.4) is 0 Å². The predicted octanol–water partition coefficient (Wildman–Crippen LogP) is 2.85. The Morgan fingerprint density at radius 1 is 0.963 bits per heavy atom. The summed E-state index contributed by atoms with van der Waals surface area (Å²) in [7, 11) is 0. The summed E-state index contributed by atoms with van der Waals surface area (Å²) in [6.07, 6.45) is 1.32. The van der Waals surface area contributed by atoms with Crippen LogP contribution in [0.1, 0.15) is 10.4 Å². The van der Waals surface area contributed by atoms with Crippen LogP contribution in [0.25, 0.3) is 28.1 Å². The van der Waals surface area contributed by atoms with Gasteiger partial charge in [0, 0.05) is 11.8 Å². The highest BCUT2D eigenvalue weighted by Crippen LogP contribution is 2.28.